The van der Waals surface area contributed by atoms with Gasteiger partial charge in [0.05, 0.1) is 11.1 Å². The van der Waals surface area contributed by atoms with Crippen LogP contribution in [0.2, 0.25) is 0 Å². The standard InChI is InChI=1S/C27H24FNO4/c28-20-9-11-21(12-10-20)29-22-2-1-3-24(30)26(22)25(18-5-7-19(8-6-18)27(31)32)23(29)13-4-17-14-15-33-16-17/h1-3,5-12,17,30H,4,13-16H2,(H,31,32)/t17-/m0/s1. The molecule has 2 N–H and O–H groups in total. The van der Waals surface area contributed by atoms with Gasteiger partial charge in [0.15, 0.2) is 0 Å². The van der Waals surface area contributed by atoms with E-state index in [2.05, 4.69) is 4.57 Å². The van der Waals surface area contributed by atoms with Crippen LogP contribution in [0, 0.1) is 11.7 Å². The Hall–Kier alpha value is -3.64. The molecule has 1 aromatic heterocycles. The predicted octanol–water partition coefficient (Wildman–Crippen LogP) is 5.81. The minimum atomic E-state index is -0.986. The van der Waals surface area contributed by atoms with Gasteiger partial charge in [-0.3, -0.25) is 0 Å². The number of aromatic hydroxyl groups is 1. The van der Waals surface area contributed by atoms with Gasteiger partial charge in [0, 0.05) is 35.5 Å². The largest absolute Gasteiger partial charge is 0.507 e. The summed E-state index contributed by atoms with van der Waals surface area (Å²) in [6.07, 6.45) is 2.67. The molecule has 0 spiro atoms. The molecule has 3 aromatic carbocycles. The van der Waals surface area contributed by atoms with Crippen LogP contribution >= 0.6 is 0 Å². The number of hydrogen-bond acceptors (Lipinski definition) is 3. The van der Waals surface area contributed by atoms with Gasteiger partial charge in [0.2, 0.25) is 0 Å². The molecule has 5 nitrogen and oxygen atoms in total. The topological polar surface area (TPSA) is 71.7 Å². The number of aromatic carboxylic acids is 1. The van der Waals surface area contributed by atoms with E-state index in [1.165, 1.54) is 12.1 Å². The zero-order chi connectivity index (χ0) is 22.9. The van der Waals surface area contributed by atoms with Gasteiger partial charge in [-0.2, -0.15) is 0 Å². The maximum Gasteiger partial charge on any atom is 0.335 e. The van der Waals surface area contributed by atoms with Crippen molar-refractivity contribution in [3.05, 3.63) is 83.8 Å². The monoisotopic (exact) mass is 445 g/mol. The number of ether oxygens (including phenoxy) is 1. The molecule has 0 aliphatic carbocycles. The number of nitrogens with zero attached hydrogens (tertiary/aromatic N) is 1. The number of rotatable bonds is 6. The Balaban J connectivity index is 1.74. The van der Waals surface area contributed by atoms with Gasteiger partial charge in [-0.25, -0.2) is 9.18 Å². The van der Waals surface area contributed by atoms with Crippen LogP contribution in [0.4, 0.5) is 4.39 Å². The zero-order valence-corrected chi connectivity index (χ0v) is 18.0. The van der Waals surface area contributed by atoms with E-state index >= 15 is 0 Å². The third-order valence-electron chi connectivity index (χ3n) is 6.39. The molecule has 0 unspecified atom stereocenters. The summed E-state index contributed by atoms with van der Waals surface area (Å²) < 4.78 is 21.3. The first-order chi connectivity index (χ1) is 16.0. The highest BCUT2D eigenvalue weighted by molar-refractivity contribution is 6.03. The van der Waals surface area contributed by atoms with E-state index in [-0.39, 0.29) is 17.1 Å². The molecular weight excluding hydrogens is 421 g/mol. The second kappa shape index (κ2) is 8.71. The van der Waals surface area contributed by atoms with Crippen molar-refractivity contribution in [3.8, 4) is 22.6 Å². The highest BCUT2D eigenvalue weighted by Crippen LogP contribution is 2.42. The minimum absolute atomic E-state index is 0.149. The van der Waals surface area contributed by atoms with Gasteiger partial charge < -0.3 is 19.5 Å². The van der Waals surface area contributed by atoms with Crippen LogP contribution in [0.5, 0.6) is 5.75 Å². The van der Waals surface area contributed by atoms with Crippen molar-refractivity contribution < 1.29 is 24.1 Å². The summed E-state index contributed by atoms with van der Waals surface area (Å²) in [5.74, 6) is -0.691. The lowest BCUT2D eigenvalue weighted by atomic mass is 9.95. The smallest absolute Gasteiger partial charge is 0.335 e. The summed E-state index contributed by atoms with van der Waals surface area (Å²) in [6.45, 7) is 1.51. The summed E-state index contributed by atoms with van der Waals surface area (Å²) in [6, 6.07) is 18.4. The lowest BCUT2D eigenvalue weighted by Crippen LogP contribution is -2.06. The number of carboxylic acid groups (broad SMARTS) is 1. The molecule has 1 aliphatic heterocycles. The van der Waals surface area contributed by atoms with Crippen molar-refractivity contribution in [3.63, 3.8) is 0 Å². The van der Waals surface area contributed by atoms with E-state index in [4.69, 9.17) is 4.74 Å². The van der Waals surface area contributed by atoms with Crippen LogP contribution < -0.4 is 0 Å². The second-order valence-corrected chi connectivity index (χ2v) is 8.46. The molecule has 4 aromatic rings. The summed E-state index contributed by atoms with van der Waals surface area (Å²) in [5.41, 5.74) is 4.51. The number of phenolic OH excluding ortho intramolecular Hbond substituents is 1. The molecule has 6 heteroatoms. The maximum atomic E-state index is 13.7. The summed E-state index contributed by atoms with van der Waals surface area (Å²) >= 11 is 0. The third kappa shape index (κ3) is 3.98. The Morgan fingerprint density at radius 1 is 1.06 bits per heavy atom. The lowest BCUT2D eigenvalue weighted by Gasteiger charge is -2.15. The van der Waals surface area contributed by atoms with Gasteiger partial charge in [0.1, 0.15) is 11.6 Å². The Morgan fingerprint density at radius 3 is 2.48 bits per heavy atom. The van der Waals surface area contributed by atoms with Gasteiger partial charge in [-0.1, -0.05) is 18.2 Å². The van der Waals surface area contributed by atoms with Crippen molar-refractivity contribution in [1.82, 2.24) is 4.57 Å². The third-order valence-corrected chi connectivity index (χ3v) is 6.39. The van der Waals surface area contributed by atoms with E-state index in [1.807, 2.05) is 6.07 Å². The molecular formula is C27H24FNO4. The first-order valence-electron chi connectivity index (χ1n) is 11.1. The molecule has 1 fully saturated rings. The molecule has 1 atom stereocenters. The minimum Gasteiger partial charge on any atom is -0.507 e. The van der Waals surface area contributed by atoms with Crippen molar-refractivity contribution >= 4 is 16.9 Å². The maximum absolute atomic E-state index is 13.7. The molecule has 0 radical (unpaired) electrons. The number of benzene rings is 3. The number of carbonyl (C=O) groups is 1. The number of phenols is 1. The molecule has 5 rings (SSSR count). The van der Waals surface area contributed by atoms with E-state index in [9.17, 15) is 19.4 Å². The average molecular weight is 445 g/mol. The fraction of sp³-hybridized carbons (Fsp3) is 0.222. The number of hydrogen-bond donors (Lipinski definition) is 2. The van der Waals surface area contributed by atoms with Crippen LogP contribution in [-0.2, 0) is 11.2 Å². The highest BCUT2D eigenvalue weighted by Gasteiger charge is 2.24. The van der Waals surface area contributed by atoms with Crippen molar-refractivity contribution in [2.45, 2.75) is 19.3 Å². The van der Waals surface area contributed by atoms with Crippen molar-refractivity contribution in [2.24, 2.45) is 5.92 Å². The Morgan fingerprint density at radius 2 is 1.82 bits per heavy atom. The SMILES string of the molecule is O=C(O)c1ccc(-c2c(CC[C@H]3CCOC3)n(-c3ccc(F)cc3)c3cccc(O)c23)cc1. The molecule has 1 aliphatic rings. The van der Waals surface area contributed by atoms with E-state index < -0.39 is 5.97 Å². The second-order valence-electron chi connectivity index (χ2n) is 8.46. The summed E-state index contributed by atoms with van der Waals surface area (Å²) in [5, 5.41) is 20.9. The van der Waals surface area contributed by atoms with Crippen molar-refractivity contribution in [1.29, 1.82) is 0 Å². The molecule has 1 saturated heterocycles. The molecule has 168 valence electrons. The number of fused-ring (bicyclic) bond motifs is 1. The number of carboxylic acids is 1. The first-order valence-corrected chi connectivity index (χ1v) is 11.1. The average Bonchev–Trinajstić information content (AvgIpc) is 3.45. The fourth-order valence-corrected chi connectivity index (χ4v) is 4.74. The van der Waals surface area contributed by atoms with Crippen LogP contribution in [0.3, 0.4) is 0 Å². The zero-order valence-electron chi connectivity index (χ0n) is 18.0. The first kappa shape index (κ1) is 21.2. The van der Waals surface area contributed by atoms with Crippen LogP contribution in [0.1, 0.15) is 28.9 Å². The number of aromatic nitrogens is 1. The Labute approximate surface area is 190 Å². The van der Waals surface area contributed by atoms with Crippen LogP contribution in [-0.4, -0.2) is 34.0 Å². The Kier molecular flexibility index (Phi) is 5.60. The summed E-state index contributed by atoms with van der Waals surface area (Å²) in [4.78, 5) is 11.4. The van der Waals surface area contributed by atoms with E-state index in [1.54, 1.807) is 48.5 Å². The summed E-state index contributed by atoms with van der Waals surface area (Å²) in [7, 11) is 0. The molecule has 0 bridgehead atoms. The molecule has 2 heterocycles. The van der Waals surface area contributed by atoms with E-state index in [0.717, 1.165) is 60.5 Å². The Bertz CT molecular complexity index is 1300. The van der Waals surface area contributed by atoms with Gasteiger partial charge >= 0.3 is 5.97 Å². The van der Waals surface area contributed by atoms with Crippen molar-refractivity contribution in [2.75, 3.05) is 13.2 Å². The molecule has 0 saturated carbocycles. The predicted molar refractivity (Wildman–Crippen MR) is 125 cm³/mol. The quantitative estimate of drug-likeness (QED) is 0.393. The molecule has 33 heavy (non-hydrogen) atoms. The fourth-order valence-electron chi connectivity index (χ4n) is 4.74. The van der Waals surface area contributed by atoms with Gasteiger partial charge in [-0.15, -0.1) is 0 Å². The number of halogens is 1. The highest BCUT2D eigenvalue weighted by atomic mass is 19.1. The lowest BCUT2D eigenvalue weighted by molar-refractivity contribution is 0.0697. The van der Waals surface area contributed by atoms with Gasteiger partial charge in [-0.05, 0) is 79.3 Å². The van der Waals surface area contributed by atoms with Gasteiger partial charge in [0.25, 0.3) is 0 Å². The van der Waals surface area contributed by atoms with E-state index in [0.29, 0.717) is 11.3 Å². The van der Waals surface area contributed by atoms with Crippen LogP contribution in [0.15, 0.2) is 66.7 Å². The molecule has 0 amide bonds. The van der Waals surface area contributed by atoms with Crippen LogP contribution in [0.25, 0.3) is 27.7 Å². The normalized spacial score (nSPS) is 15.8.